The number of halogens is 1. The van der Waals surface area contributed by atoms with Crippen molar-refractivity contribution in [1.29, 1.82) is 0 Å². The van der Waals surface area contributed by atoms with Crippen molar-refractivity contribution in [3.8, 4) is 0 Å². The van der Waals surface area contributed by atoms with Crippen molar-refractivity contribution < 1.29 is 0 Å². The first kappa shape index (κ1) is 12.6. The van der Waals surface area contributed by atoms with Crippen LogP contribution in [0.15, 0.2) is 6.07 Å². The molecule has 1 fully saturated rings. The first-order valence-electron chi connectivity index (χ1n) is 6.38. The molecule has 0 spiro atoms. The molecule has 3 nitrogen and oxygen atoms in total. The van der Waals surface area contributed by atoms with E-state index < -0.39 is 0 Å². The van der Waals surface area contributed by atoms with Crippen LogP contribution in [-0.2, 0) is 6.42 Å². The lowest BCUT2D eigenvalue weighted by Crippen LogP contribution is -2.39. The maximum atomic E-state index is 6.04. The van der Waals surface area contributed by atoms with Crippen LogP contribution in [0, 0.1) is 11.8 Å². The van der Waals surface area contributed by atoms with Crippen molar-refractivity contribution in [1.82, 2.24) is 9.97 Å². The second-order valence-electron chi connectivity index (χ2n) is 5.01. The summed E-state index contributed by atoms with van der Waals surface area (Å²) < 4.78 is 0. The van der Waals surface area contributed by atoms with Gasteiger partial charge < -0.3 is 4.90 Å². The van der Waals surface area contributed by atoms with Gasteiger partial charge in [-0.1, -0.05) is 32.4 Å². The average molecular weight is 254 g/mol. The Morgan fingerprint density at radius 1 is 1.35 bits per heavy atom. The number of hydrogen-bond acceptors (Lipinski definition) is 3. The molecular weight excluding hydrogens is 234 g/mol. The molecule has 17 heavy (non-hydrogen) atoms. The van der Waals surface area contributed by atoms with Gasteiger partial charge in [-0.3, -0.25) is 0 Å². The van der Waals surface area contributed by atoms with Gasteiger partial charge in [0.05, 0.1) is 0 Å². The molecule has 1 aromatic rings. The summed E-state index contributed by atoms with van der Waals surface area (Å²) in [5, 5.41) is 0.554. The molecule has 0 aliphatic carbocycles. The van der Waals surface area contributed by atoms with E-state index in [9.17, 15) is 0 Å². The minimum Gasteiger partial charge on any atom is -0.356 e. The van der Waals surface area contributed by atoms with Gasteiger partial charge in [-0.05, 0) is 18.3 Å². The topological polar surface area (TPSA) is 29.0 Å². The number of piperidine rings is 1. The van der Waals surface area contributed by atoms with E-state index in [1.165, 1.54) is 6.42 Å². The Bertz CT molecular complexity index is 394. The van der Waals surface area contributed by atoms with Crippen molar-refractivity contribution in [2.75, 3.05) is 18.0 Å². The lowest BCUT2D eigenvalue weighted by atomic mass is 9.89. The fourth-order valence-corrected chi connectivity index (χ4v) is 2.44. The maximum absolute atomic E-state index is 6.04. The van der Waals surface area contributed by atoms with Gasteiger partial charge in [0.25, 0.3) is 0 Å². The van der Waals surface area contributed by atoms with Crippen molar-refractivity contribution in [2.45, 2.75) is 33.6 Å². The quantitative estimate of drug-likeness (QED) is 0.758. The molecule has 0 saturated carbocycles. The predicted octanol–water partition coefficient (Wildman–Crippen LogP) is 3.17. The molecule has 1 aromatic heterocycles. The Morgan fingerprint density at radius 3 is 2.76 bits per heavy atom. The van der Waals surface area contributed by atoms with Crippen LogP contribution < -0.4 is 4.90 Å². The molecule has 2 heterocycles. The summed E-state index contributed by atoms with van der Waals surface area (Å²) in [5.74, 6) is 3.33. The highest BCUT2D eigenvalue weighted by atomic mass is 35.5. The Kier molecular flexibility index (Phi) is 3.87. The maximum Gasteiger partial charge on any atom is 0.134 e. The minimum atomic E-state index is 0.554. The van der Waals surface area contributed by atoms with E-state index in [1.807, 2.05) is 6.07 Å². The summed E-state index contributed by atoms with van der Waals surface area (Å²) >= 11 is 6.04. The molecule has 2 unspecified atom stereocenters. The van der Waals surface area contributed by atoms with Gasteiger partial charge in [-0.2, -0.15) is 0 Å². The van der Waals surface area contributed by atoms with E-state index in [1.54, 1.807) is 0 Å². The Morgan fingerprint density at radius 2 is 2.12 bits per heavy atom. The molecule has 0 amide bonds. The summed E-state index contributed by atoms with van der Waals surface area (Å²) in [5.41, 5.74) is 0. The van der Waals surface area contributed by atoms with Gasteiger partial charge in [-0.25, -0.2) is 9.97 Å². The molecule has 0 radical (unpaired) electrons. The SMILES string of the molecule is CCc1nc(Cl)cc(N2CCC(C)C(C)C2)n1. The zero-order valence-corrected chi connectivity index (χ0v) is 11.5. The van der Waals surface area contributed by atoms with Gasteiger partial charge in [0.1, 0.15) is 16.8 Å². The van der Waals surface area contributed by atoms with Crippen LogP contribution >= 0.6 is 11.6 Å². The number of aromatic nitrogens is 2. The summed E-state index contributed by atoms with van der Waals surface area (Å²) in [6.07, 6.45) is 2.05. The van der Waals surface area contributed by atoms with Crippen LogP contribution in [0.3, 0.4) is 0 Å². The molecule has 1 aliphatic heterocycles. The molecule has 1 aliphatic rings. The highest BCUT2D eigenvalue weighted by molar-refractivity contribution is 6.29. The molecule has 4 heteroatoms. The Hall–Kier alpha value is -0.830. The molecule has 0 N–H and O–H groups in total. The first-order valence-corrected chi connectivity index (χ1v) is 6.76. The van der Waals surface area contributed by atoms with Gasteiger partial charge in [0, 0.05) is 25.6 Å². The molecule has 2 atom stereocenters. The molecule has 2 rings (SSSR count). The molecule has 1 saturated heterocycles. The van der Waals surface area contributed by atoms with Gasteiger partial charge in [0.15, 0.2) is 0 Å². The van der Waals surface area contributed by atoms with E-state index in [0.29, 0.717) is 11.1 Å². The van der Waals surface area contributed by atoms with Crippen molar-refractivity contribution in [2.24, 2.45) is 11.8 Å². The number of anilines is 1. The number of nitrogens with zero attached hydrogens (tertiary/aromatic N) is 3. The van der Waals surface area contributed by atoms with Crippen LogP contribution in [0.4, 0.5) is 5.82 Å². The minimum absolute atomic E-state index is 0.554. The van der Waals surface area contributed by atoms with Gasteiger partial charge >= 0.3 is 0 Å². The fourth-order valence-electron chi connectivity index (χ4n) is 2.24. The number of rotatable bonds is 2. The third-order valence-corrected chi connectivity index (χ3v) is 3.90. The Labute approximate surface area is 108 Å². The standard InChI is InChI=1S/C13H20ClN3/c1-4-12-15-11(14)7-13(16-12)17-6-5-9(2)10(3)8-17/h7,9-10H,4-6,8H2,1-3H3. The van der Waals surface area contributed by atoms with Crippen LogP contribution in [0.25, 0.3) is 0 Å². The second kappa shape index (κ2) is 5.21. The second-order valence-corrected chi connectivity index (χ2v) is 5.40. The van der Waals surface area contributed by atoms with E-state index in [-0.39, 0.29) is 0 Å². The van der Waals surface area contributed by atoms with Gasteiger partial charge in [0.2, 0.25) is 0 Å². The number of aryl methyl sites for hydroxylation is 1. The zero-order chi connectivity index (χ0) is 12.4. The molecule has 94 valence electrons. The number of hydrogen-bond donors (Lipinski definition) is 0. The first-order chi connectivity index (χ1) is 8.10. The predicted molar refractivity (Wildman–Crippen MR) is 71.6 cm³/mol. The van der Waals surface area contributed by atoms with E-state index in [0.717, 1.165) is 37.1 Å². The third-order valence-electron chi connectivity index (χ3n) is 3.70. The molecule has 0 aromatic carbocycles. The lowest BCUT2D eigenvalue weighted by molar-refractivity contribution is 0.322. The highest BCUT2D eigenvalue weighted by Gasteiger charge is 2.23. The normalized spacial score (nSPS) is 25.1. The van der Waals surface area contributed by atoms with Crippen LogP contribution in [0.2, 0.25) is 5.15 Å². The van der Waals surface area contributed by atoms with Gasteiger partial charge in [-0.15, -0.1) is 0 Å². The largest absolute Gasteiger partial charge is 0.356 e. The fraction of sp³-hybridized carbons (Fsp3) is 0.692. The Balaban J connectivity index is 2.19. The van der Waals surface area contributed by atoms with E-state index in [2.05, 4.69) is 35.6 Å². The average Bonchev–Trinajstić information content (AvgIpc) is 2.32. The highest BCUT2D eigenvalue weighted by Crippen LogP contribution is 2.26. The van der Waals surface area contributed by atoms with Crippen LogP contribution in [0.5, 0.6) is 0 Å². The van der Waals surface area contributed by atoms with Crippen molar-refractivity contribution in [3.05, 3.63) is 17.0 Å². The van der Waals surface area contributed by atoms with E-state index >= 15 is 0 Å². The van der Waals surface area contributed by atoms with Crippen molar-refractivity contribution >= 4 is 17.4 Å². The zero-order valence-electron chi connectivity index (χ0n) is 10.8. The summed E-state index contributed by atoms with van der Waals surface area (Å²) in [7, 11) is 0. The summed E-state index contributed by atoms with van der Waals surface area (Å²) in [6, 6.07) is 1.88. The summed E-state index contributed by atoms with van der Waals surface area (Å²) in [6.45, 7) is 8.82. The molecule has 0 bridgehead atoms. The van der Waals surface area contributed by atoms with E-state index in [4.69, 9.17) is 11.6 Å². The smallest absolute Gasteiger partial charge is 0.134 e. The molecular formula is C13H20ClN3. The van der Waals surface area contributed by atoms with Crippen molar-refractivity contribution in [3.63, 3.8) is 0 Å². The van der Waals surface area contributed by atoms with Crippen LogP contribution in [0.1, 0.15) is 33.0 Å². The monoisotopic (exact) mass is 253 g/mol. The van der Waals surface area contributed by atoms with Crippen LogP contribution in [-0.4, -0.2) is 23.1 Å². The lowest BCUT2D eigenvalue weighted by Gasteiger charge is -2.36. The third kappa shape index (κ3) is 2.89. The summed E-state index contributed by atoms with van der Waals surface area (Å²) in [4.78, 5) is 11.1.